The fraction of sp³-hybridized carbons (Fsp3) is 0.190. The molecule has 28 heavy (non-hydrogen) atoms. The molecule has 1 aliphatic heterocycles. The van der Waals surface area contributed by atoms with E-state index in [4.69, 9.17) is 0 Å². The molecule has 1 fully saturated rings. The van der Waals surface area contributed by atoms with Gasteiger partial charge in [-0.15, -0.1) is 11.3 Å². The second-order valence-electron chi connectivity index (χ2n) is 6.55. The van der Waals surface area contributed by atoms with E-state index in [0.29, 0.717) is 18.8 Å². The summed E-state index contributed by atoms with van der Waals surface area (Å²) in [5.74, 6) is -0.108. The van der Waals surface area contributed by atoms with Crippen LogP contribution >= 0.6 is 11.3 Å². The topological polar surface area (TPSA) is 74.3 Å². The van der Waals surface area contributed by atoms with Crippen molar-refractivity contribution in [1.29, 1.82) is 0 Å². The molecule has 0 radical (unpaired) electrons. The predicted molar refractivity (Wildman–Crippen MR) is 111 cm³/mol. The molecule has 0 aliphatic carbocycles. The lowest BCUT2D eigenvalue weighted by Crippen LogP contribution is -2.27. The Morgan fingerprint density at radius 2 is 1.93 bits per heavy atom. The van der Waals surface area contributed by atoms with Crippen LogP contribution < -0.4 is 15.5 Å². The summed E-state index contributed by atoms with van der Waals surface area (Å²) >= 11 is 1.57. The normalized spacial score (nSPS) is 13.4. The van der Waals surface area contributed by atoms with E-state index < -0.39 is 0 Å². The van der Waals surface area contributed by atoms with E-state index in [1.807, 2.05) is 35.7 Å². The monoisotopic (exact) mass is 392 g/mol. The van der Waals surface area contributed by atoms with E-state index in [-0.39, 0.29) is 18.4 Å². The number of nitrogens with zero attached hydrogens (tertiary/aromatic N) is 2. The Balaban J connectivity index is 1.32. The zero-order valence-electron chi connectivity index (χ0n) is 15.2. The number of carbonyl (C=O) groups is 2. The van der Waals surface area contributed by atoms with Gasteiger partial charge in [-0.1, -0.05) is 30.3 Å². The molecule has 2 heterocycles. The maximum absolute atomic E-state index is 12.3. The molecule has 6 nitrogen and oxygen atoms in total. The van der Waals surface area contributed by atoms with Gasteiger partial charge >= 0.3 is 6.03 Å². The average Bonchev–Trinajstić information content (AvgIpc) is 3.32. The van der Waals surface area contributed by atoms with Crippen molar-refractivity contribution in [2.45, 2.75) is 12.8 Å². The highest BCUT2D eigenvalue weighted by molar-refractivity contribution is 7.09. The molecule has 3 aromatic rings. The van der Waals surface area contributed by atoms with Gasteiger partial charge in [0.15, 0.2) is 0 Å². The first-order valence-corrected chi connectivity index (χ1v) is 9.98. The molecule has 0 atom stereocenters. The average molecular weight is 392 g/mol. The van der Waals surface area contributed by atoms with E-state index in [1.54, 1.807) is 28.4 Å². The lowest BCUT2D eigenvalue weighted by Gasteiger charge is -2.14. The summed E-state index contributed by atoms with van der Waals surface area (Å²) in [6.07, 6.45) is 1.01. The van der Waals surface area contributed by atoms with Crippen molar-refractivity contribution in [2.75, 3.05) is 23.3 Å². The Bertz CT molecular complexity index is 970. The van der Waals surface area contributed by atoms with Gasteiger partial charge in [-0.2, -0.15) is 0 Å². The molecule has 0 saturated carbocycles. The second-order valence-corrected chi connectivity index (χ2v) is 7.49. The van der Waals surface area contributed by atoms with Gasteiger partial charge in [0.1, 0.15) is 0 Å². The lowest BCUT2D eigenvalue weighted by molar-refractivity contribution is -0.115. The molecule has 0 spiro atoms. The van der Waals surface area contributed by atoms with Crippen LogP contribution in [0.4, 0.5) is 16.2 Å². The van der Waals surface area contributed by atoms with Crippen molar-refractivity contribution in [1.82, 2.24) is 10.3 Å². The van der Waals surface area contributed by atoms with Crippen LogP contribution in [-0.4, -0.2) is 30.0 Å². The highest BCUT2D eigenvalue weighted by atomic mass is 32.1. The van der Waals surface area contributed by atoms with E-state index in [9.17, 15) is 9.59 Å². The molecule has 4 rings (SSSR count). The van der Waals surface area contributed by atoms with Crippen molar-refractivity contribution in [2.24, 2.45) is 0 Å². The van der Waals surface area contributed by atoms with Gasteiger partial charge in [-0.25, -0.2) is 9.78 Å². The van der Waals surface area contributed by atoms with Crippen LogP contribution in [0.15, 0.2) is 60.0 Å². The number of amides is 3. The van der Waals surface area contributed by atoms with Gasteiger partial charge in [0.25, 0.3) is 0 Å². The number of carbonyl (C=O) groups excluding carboxylic acids is 2. The minimum atomic E-state index is -0.108. The summed E-state index contributed by atoms with van der Waals surface area (Å²) in [5, 5.41) is 8.60. The first-order valence-electron chi connectivity index (χ1n) is 9.10. The van der Waals surface area contributed by atoms with Crippen molar-refractivity contribution in [3.63, 3.8) is 0 Å². The van der Waals surface area contributed by atoms with E-state index in [1.165, 1.54) is 5.56 Å². The van der Waals surface area contributed by atoms with Crippen LogP contribution in [0.5, 0.6) is 0 Å². The third-order valence-electron chi connectivity index (χ3n) is 4.46. The number of hydrogen-bond donors (Lipinski definition) is 2. The van der Waals surface area contributed by atoms with Gasteiger partial charge in [-0.05, 0) is 29.8 Å². The summed E-state index contributed by atoms with van der Waals surface area (Å²) in [5.41, 5.74) is 3.50. The standard InChI is InChI=1S/C21H20N4O2S/c26-19(13-17-14-28-20(24-17)12-15-4-2-1-3-5-15)23-16-6-8-18(9-7-16)25-11-10-22-21(25)27/h1-9,14H,10-13H2,(H,22,27)(H,23,26). The zero-order chi connectivity index (χ0) is 19.3. The van der Waals surface area contributed by atoms with Gasteiger partial charge in [0.05, 0.1) is 17.1 Å². The van der Waals surface area contributed by atoms with Gasteiger partial charge in [0, 0.05) is 36.3 Å². The molecule has 0 bridgehead atoms. The largest absolute Gasteiger partial charge is 0.336 e. The summed E-state index contributed by atoms with van der Waals surface area (Å²) < 4.78 is 0. The van der Waals surface area contributed by atoms with Crippen LogP contribution in [0, 0.1) is 0 Å². The van der Waals surface area contributed by atoms with Crippen LogP contribution in [0.25, 0.3) is 0 Å². The van der Waals surface area contributed by atoms with E-state index in [0.717, 1.165) is 22.8 Å². The van der Waals surface area contributed by atoms with Crippen molar-refractivity contribution in [3.8, 4) is 0 Å². The van der Waals surface area contributed by atoms with Crippen LogP contribution in [0.3, 0.4) is 0 Å². The predicted octanol–water partition coefficient (Wildman–Crippen LogP) is 3.44. The van der Waals surface area contributed by atoms with Crippen LogP contribution in [0.2, 0.25) is 0 Å². The summed E-state index contributed by atoms with van der Waals surface area (Å²) in [6.45, 7) is 1.30. The molecule has 3 amide bonds. The highest BCUT2D eigenvalue weighted by Gasteiger charge is 2.20. The Morgan fingerprint density at radius 3 is 2.64 bits per heavy atom. The second kappa shape index (κ2) is 8.22. The SMILES string of the molecule is O=C(Cc1csc(Cc2ccccc2)n1)Nc1ccc(N2CCNC2=O)cc1. The maximum Gasteiger partial charge on any atom is 0.321 e. The molecule has 2 aromatic carbocycles. The number of nitrogens with one attached hydrogen (secondary N) is 2. The molecule has 1 aliphatic rings. The summed E-state index contributed by atoms with van der Waals surface area (Å²) in [7, 11) is 0. The van der Waals surface area contributed by atoms with Crippen molar-refractivity contribution in [3.05, 3.63) is 76.2 Å². The Kier molecular flexibility index (Phi) is 5.34. The van der Waals surface area contributed by atoms with Crippen LogP contribution in [0.1, 0.15) is 16.3 Å². The maximum atomic E-state index is 12.3. The Hall–Kier alpha value is -3.19. The molecule has 2 N–H and O–H groups in total. The number of anilines is 2. The fourth-order valence-corrected chi connectivity index (χ4v) is 3.92. The first-order chi connectivity index (χ1) is 13.7. The minimum absolute atomic E-state index is 0.0911. The molecule has 1 saturated heterocycles. The number of benzene rings is 2. The Labute approximate surface area is 167 Å². The minimum Gasteiger partial charge on any atom is -0.336 e. The van der Waals surface area contributed by atoms with Crippen molar-refractivity contribution >= 4 is 34.6 Å². The molecular weight excluding hydrogens is 372 g/mol. The summed E-state index contributed by atoms with van der Waals surface area (Å²) in [6, 6.07) is 17.4. The highest BCUT2D eigenvalue weighted by Crippen LogP contribution is 2.20. The first kappa shape index (κ1) is 18.2. The van der Waals surface area contributed by atoms with E-state index in [2.05, 4.69) is 27.8 Å². The van der Waals surface area contributed by atoms with Crippen molar-refractivity contribution < 1.29 is 9.59 Å². The summed E-state index contributed by atoms with van der Waals surface area (Å²) in [4.78, 5) is 30.3. The van der Waals surface area contributed by atoms with E-state index >= 15 is 0 Å². The molecule has 1 aromatic heterocycles. The molecular formula is C21H20N4O2S. The smallest absolute Gasteiger partial charge is 0.321 e. The number of hydrogen-bond acceptors (Lipinski definition) is 4. The number of thiazole rings is 1. The molecule has 0 unspecified atom stereocenters. The van der Waals surface area contributed by atoms with Crippen LogP contribution in [-0.2, 0) is 17.6 Å². The number of aromatic nitrogens is 1. The van der Waals surface area contributed by atoms with Gasteiger partial charge in [-0.3, -0.25) is 9.69 Å². The molecule has 7 heteroatoms. The zero-order valence-corrected chi connectivity index (χ0v) is 16.0. The van der Waals surface area contributed by atoms with Gasteiger partial charge < -0.3 is 10.6 Å². The molecule has 142 valence electrons. The Morgan fingerprint density at radius 1 is 1.14 bits per heavy atom. The quantitative estimate of drug-likeness (QED) is 0.675. The third kappa shape index (κ3) is 4.37. The fourth-order valence-electron chi connectivity index (χ4n) is 3.09. The lowest BCUT2D eigenvalue weighted by atomic mass is 10.2. The number of rotatable bonds is 6. The number of urea groups is 1. The third-order valence-corrected chi connectivity index (χ3v) is 5.36. The van der Waals surface area contributed by atoms with Gasteiger partial charge in [0.2, 0.25) is 5.91 Å².